The summed E-state index contributed by atoms with van der Waals surface area (Å²) < 4.78 is 45.5. The third kappa shape index (κ3) is 8.63. The van der Waals surface area contributed by atoms with Gasteiger partial charge in [0.1, 0.15) is 12.4 Å². The second-order valence-corrected chi connectivity index (χ2v) is 6.89. The Balaban J connectivity index is 0.00000480. The minimum Gasteiger partial charge on any atom is -0.382 e. The third-order valence-electron chi connectivity index (χ3n) is 4.57. The van der Waals surface area contributed by atoms with Crippen LogP contribution >= 0.6 is 24.0 Å². The van der Waals surface area contributed by atoms with Crippen LogP contribution in [0.15, 0.2) is 29.3 Å². The fourth-order valence-electron chi connectivity index (χ4n) is 2.71. The maximum atomic E-state index is 12.8. The fourth-order valence-corrected chi connectivity index (χ4v) is 2.71. The average Bonchev–Trinajstić information content (AvgIpc) is 3.01. The van der Waals surface area contributed by atoms with E-state index in [2.05, 4.69) is 20.5 Å². The third-order valence-corrected chi connectivity index (χ3v) is 4.57. The molecule has 11 heteroatoms. The zero-order valence-electron chi connectivity index (χ0n) is 18.2. The maximum absolute atomic E-state index is 12.8. The summed E-state index contributed by atoms with van der Waals surface area (Å²) in [6.07, 6.45) is -3.53. The topological polar surface area (TPSA) is 67.6 Å². The van der Waals surface area contributed by atoms with Gasteiger partial charge in [0.05, 0.1) is 5.56 Å². The van der Waals surface area contributed by atoms with Crippen LogP contribution in [0.5, 0.6) is 0 Å². The highest BCUT2D eigenvalue weighted by Crippen LogP contribution is 2.29. The summed E-state index contributed by atoms with van der Waals surface area (Å²) in [6, 6.07) is 5.16. The number of hydrogen-bond acceptors (Lipinski definition) is 4. The van der Waals surface area contributed by atoms with E-state index in [0.29, 0.717) is 38.8 Å². The molecule has 2 rings (SSSR count). The molecule has 0 aliphatic rings. The van der Waals surface area contributed by atoms with Crippen molar-refractivity contribution in [1.82, 2.24) is 25.0 Å². The zero-order chi connectivity index (χ0) is 22.1. The van der Waals surface area contributed by atoms with Gasteiger partial charge in [-0.25, -0.2) is 4.99 Å². The van der Waals surface area contributed by atoms with E-state index in [-0.39, 0.29) is 24.0 Å². The molecule has 0 spiro atoms. The summed E-state index contributed by atoms with van der Waals surface area (Å²) in [6.45, 7) is 6.52. The quantitative estimate of drug-likeness (QED) is 0.221. The molecule has 2 aromatic rings. The minimum absolute atomic E-state index is 0. The van der Waals surface area contributed by atoms with Crippen molar-refractivity contribution in [2.75, 3.05) is 26.8 Å². The van der Waals surface area contributed by atoms with Crippen LogP contribution in [-0.4, -0.2) is 52.4 Å². The molecule has 1 N–H and O–H groups in total. The predicted molar refractivity (Wildman–Crippen MR) is 124 cm³/mol. The van der Waals surface area contributed by atoms with Gasteiger partial charge in [0, 0.05) is 40.4 Å². The van der Waals surface area contributed by atoms with Gasteiger partial charge in [-0.2, -0.15) is 13.2 Å². The number of aromatic nitrogens is 3. The average molecular weight is 554 g/mol. The highest BCUT2D eigenvalue weighted by molar-refractivity contribution is 14.0. The molecule has 0 atom stereocenters. The summed E-state index contributed by atoms with van der Waals surface area (Å²) in [5.41, 5.74) is 0.0957. The molecule has 0 saturated carbocycles. The number of halogens is 4. The molecule has 1 heterocycles. The second-order valence-electron chi connectivity index (χ2n) is 6.89. The van der Waals surface area contributed by atoms with Crippen molar-refractivity contribution in [2.24, 2.45) is 12.0 Å². The number of alkyl halides is 3. The van der Waals surface area contributed by atoms with Crippen LogP contribution in [0.1, 0.15) is 36.1 Å². The summed E-state index contributed by atoms with van der Waals surface area (Å²) >= 11 is 0. The van der Waals surface area contributed by atoms with E-state index in [1.165, 1.54) is 12.1 Å². The molecule has 0 amide bonds. The first-order valence-corrected chi connectivity index (χ1v) is 9.80. The van der Waals surface area contributed by atoms with Crippen LogP contribution in [0.2, 0.25) is 0 Å². The van der Waals surface area contributed by atoms with Gasteiger partial charge >= 0.3 is 6.18 Å². The number of aryl methyl sites for hydroxylation is 1. The van der Waals surface area contributed by atoms with Crippen molar-refractivity contribution < 1.29 is 17.9 Å². The zero-order valence-corrected chi connectivity index (χ0v) is 20.6. The van der Waals surface area contributed by atoms with Gasteiger partial charge in [0.15, 0.2) is 11.8 Å². The number of nitrogens with one attached hydrogen (secondary N) is 1. The van der Waals surface area contributed by atoms with Crippen LogP contribution in [0.4, 0.5) is 13.2 Å². The van der Waals surface area contributed by atoms with Gasteiger partial charge in [-0.1, -0.05) is 12.1 Å². The molecule has 0 radical (unpaired) electrons. The molecule has 0 bridgehead atoms. The number of ether oxygens (including phenoxy) is 1. The van der Waals surface area contributed by atoms with Crippen LogP contribution < -0.4 is 5.32 Å². The molecule has 1 aromatic heterocycles. The Kier molecular flexibility index (Phi) is 11.2. The lowest BCUT2D eigenvalue weighted by molar-refractivity contribution is -0.137. The number of benzene rings is 1. The Bertz CT molecular complexity index is 823. The van der Waals surface area contributed by atoms with Gasteiger partial charge in [0.25, 0.3) is 0 Å². The van der Waals surface area contributed by atoms with E-state index in [4.69, 9.17) is 4.74 Å². The van der Waals surface area contributed by atoms with Gasteiger partial charge in [-0.15, -0.1) is 34.2 Å². The van der Waals surface area contributed by atoms with Crippen molar-refractivity contribution >= 4 is 29.9 Å². The molecular formula is C20H30F3IN6O. The van der Waals surface area contributed by atoms with Crippen LogP contribution in [-0.2, 0) is 31.1 Å². The fraction of sp³-hybridized carbons (Fsp3) is 0.550. The standard InChI is InChI=1S/C20H29F3N6O.HI/c1-5-30-12-6-11-24-19(25-13-18-27-26-15(2)29(18)4)28(3)14-16-7-9-17(10-8-16)20(21,22)23;/h7-10H,5-6,11-14H2,1-4H3,(H,24,25);1H. The molecule has 0 saturated heterocycles. The summed E-state index contributed by atoms with van der Waals surface area (Å²) in [5, 5.41) is 11.4. The lowest BCUT2D eigenvalue weighted by atomic mass is 10.1. The summed E-state index contributed by atoms with van der Waals surface area (Å²) in [7, 11) is 3.72. The molecule has 31 heavy (non-hydrogen) atoms. The van der Waals surface area contributed by atoms with Gasteiger partial charge in [-0.05, 0) is 38.0 Å². The molecule has 7 nitrogen and oxygen atoms in total. The van der Waals surface area contributed by atoms with Crippen molar-refractivity contribution in [1.29, 1.82) is 0 Å². The number of hydrogen-bond donors (Lipinski definition) is 1. The largest absolute Gasteiger partial charge is 0.416 e. The van der Waals surface area contributed by atoms with Crippen LogP contribution in [0.3, 0.4) is 0 Å². The first-order valence-electron chi connectivity index (χ1n) is 9.80. The smallest absolute Gasteiger partial charge is 0.382 e. The van der Waals surface area contributed by atoms with Crippen molar-refractivity contribution in [3.8, 4) is 0 Å². The van der Waals surface area contributed by atoms with Gasteiger partial charge in [-0.3, -0.25) is 0 Å². The summed E-state index contributed by atoms with van der Waals surface area (Å²) in [4.78, 5) is 6.49. The van der Waals surface area contributed by atoms with E-state index in [1.54, 1.807) is 0 Å². The number of guanidine groups is 1. The number of aliphatic imine (C=N–C) groups is 1. The first-order chi connectivity index (χ1) is 14.2. The normalized spacial score (nSPS) is 11.9. The van der Waals surface area contributed by atoms with E-state index in [1.807, 2.05) is 37.4 Å². The Morgan fingerprint density at radius 3 is 2.45 bits per heavy atom. The molecule has 1 aromatic carbocycles. The van der Waals surface area contributed by atoms with Crippen molar-refractivity contribution in [3.63, 3.8) is 0 Å². The van der Waals surface area contributed by atoms with Gasteiger partial charge in [0.2, 0.25) is 0 Å². The molecule has 0 aliphatic heterocycles. The molecule has 0 unspecified atom stereocenters. The van der Waals surface area contributed by atoms with Crippen LogP contribution in [0.25, 0.3) is 0 Å². The lowest BCUT2D eigenvalue weighted by Crippen LogP contribution is -2.39. The monoisotopic (exact) mass is 554 g/mol. The number of rotatable bonds is 9. The second kappa shape index (κ2) is 12.8. The maximum Gasteiger partial charge on any atom is 0.416 e. The Hall–Kier alpha value is -1.89. The van der Waals surface area contributed by atoms with E-state index in [9.17, 15) is 13.2 Å². The highest BCUT2D eigenvalue weighted by Gasteiger charge is 2.29. The van der Waals surface area contributed by atoms with Gasteiger partial charge < -0.3 is 19.5 Å². The Labute approximate surface area is 198 Å². The first kappa shape index (κ1) is 27.1. The van der Waals surface area contributed by atoms with Crippen LogP contribution in [0, 0.1) is 6.92 Å². The summed E-state index contributed by atoms with van der Waals surface area (Å²) in [5.74, 6) is 2.15. The van der Waals surface area contributed by atoms with E-state index in [0.717, 1.165) is 35.8 Å². The lowest BCUT2D eigenvalue weighted by Gasteiger charge is -2.23. The Morgan fingerprint density at radius 2 is 1.90 bits per heavy atom. The molecule has 174 valence electrons. The Morgan fingerprint density at radius 1 is 1.23 bits per heavy atom. The molecule has 0 aliphatic carbocycles. The highest BCUT2D eigenvalue weighted by atomic mass is 127. The minimum atomic E-state index is -4.34. The molecular weight excluding hydrogens is 524 g/mol. The number of nitrogens with zero attached hydrogens (tertiary/aromatic N) is 5. The van der Waals surface area contributed by atoms with Crippen molar-refractivity contribution in [2.45, 2.75) is 39.5 Å². The SMILES string of the molecule is CCOCCCNC(=NCc1nnc(C)n1C)N(C)Cc1ccc(C(F)(F)F)cc1.I. The predicted octanol–water partition coefficient (Wildman–Crippen LogP) is 3.76. The van der Waals surface area contributed by atoms with E-state index < -0.39 is 11.7 Å². The molecule has 0 fully saturated rings. The van der Waals surface area contributed by atoms with E-state index >= 15 is 0 Å². The van der Waals surface area contributed by atoms with Crippen molar-refractivity contribution in [3.05, 3.63) is 47.0 Å².